The molecule has 0 atom stereocenters. The zero-order chi connectivity index (χ0) is 9.64. The van der Waals surface area contributed by atoms with Crippen LogP contribution in [-0.2, 0) is 13.1 Å². The van der Waals surface area contributed by atoms with Crippen molar-refractivity contribution in [3.63, 3.8) is 0 Å². The Bertz CT molecular complexity index is 356. The molecule has 0 aliphatic heterocycles. The number of nitrogens with zero attached hydrogens (tertiary/aromatic N) is 1. The van der Waals surface area contributed by atoms with E-state index in [0.29, 0.717) is 0 Å². The number of rotatable bonds is 4. The number of aromatic nitrogens is 1. The van der Waals surface area contributed by atoms with Crippen molar-refractivity contribution >= 4 is 0 Å². The van der Waals surface area contributed by atoms with Gasteiger partial charge in [-0.05, 0) is 5.56 Å². The number of hydrogen-bond acceptors (Lipinski definition) is 3. The van der Waals surface area contributed by atoms with E-state index in [1.54, 1.807) is 12.5 Å². The van der Waals surface area contributed by atoms with Crippen molar-refractivity contribution < 1.29 is 4.52 Å². The third-order valence-corrected chi connectivity index (χ3v) is 1.98. The molecule has 0 bridgehead atoms. The van der Waals surface area contributed by atoms with Gasteiger partial charge in [0.1, 0.15) is 6.26 Å². The van der Waals surface area contributed by atoms with Crippen molar-refractivity contribution in [2.24, 2.45) is 0 Å². The van der Waals surface area contributed by atoms with Crippen LogP contribution in [0.4, 0.5) is 0 Å². The highest BCUT2D eigenvalue weighted by atomic mass is 16.5. The minimum Gasteiger partial charge on any atom is -0.364 e. The third kappa shape index (κ3) is 2.44. The molecule has 14 heavy (non-hydrogen) atoms. The summed E-state index contributed by atoms with van der Waals surface area (Å²) in [4.78, 5) is 0. The second-order valence-corrected chi connectivity index (χ2v) is 3.12. The molecule has 0 aliphatic carbocycles. The minimum absolute atomic E-state index is 0.790. The first-order valence-corrected chi connectivity index (χ1v) is 4.58. The van der Waals surface area contributed by atoms with Gasteiger partial charge in [-0.2, -0.15) is 0 Å². The predicted molar refractivity (Wildman–Crippen MR) is 53.5 cm³/mol. The molecule has 0 fully saturated rings. The Labute approximate surface area is 82.7 Å². The standard InChI is InChI=1S/C11H12N2O/c1-2-4-10(5-3-1)6-12-7-11-8-13-14-9-11/h1-5,8-9,12H,6-7H2. The van der Waals surface area contributed by atoms with E-state index in [4.69, 9.17) is 4.52 Å². The van der Waals surface area contributed by atoms with Gasteiger partial charge < -0.3 is 9.84 Å². The lowest BCUT2D eigenvalue weighted by Gasteiger charge is -2.01. The fourth-order valence-corrected chi connectivity index (χ4v) is 1.26. The zero-order valence-corrected chi connectivity index (χ0v) is 7.81. The van der Waals surface area contributed by atoms with Crippen molar-refractivity contribution in [2.75, 3.05) is 0 Å². The van der Waals surface area contributed by atoms with Gasteiger partial charge in [0.2, 0.25) is 0 Å². The van der Waals surface area contributed by atoms with Crippen LogP contribution in [-0.4, -0.2) is 5.16 Å². The van der Waals surface area contributed by atoms with Gasteiger partial charge in [0.05, 0.1) is 6.20 Å². The number of nitrogens with one attached hydrogen (secondary N) is 1. The average molecular weight is 188 g/mol. The Morgan fingerprint density at radius 3 is 2.57 bits per heavy atom. The Hall–Kier alpha value is -1.61. The molecule has 1 heterocycles. The molecule has 0 saturated carbocycles. The summed E-state index contributed by atoms with van der Waals surface area (Å²) in [5.74, 6) is 0. The van der Waals surface area contributed by atoms with Crippen LogP contribution >= 0.6 is 0 Å². The maximum atomic E-state index is 4.73. The Kier molecular flexibility index (Phi) is 2.93. The van der Waals surface area contributed by atoms with Gasteiger partial charge in [0.25, 0.3) is 0 Å². The smallest absolute Gasteiger partial charge is 0.128 e. The molecular formula is C11H12N2O. The molecule has 0 amide bonds. The highest BCUT2D eigenvalue weighted by molar-refractivity contribution is 5.14. The molecule has 0 saturated heterocycles. The summed E-state index contributed by atoms with van der Waals surface area (Å²) in [7, 11) is 0. The van der Waals surface area contributed by atoms with Crippen molar-refractivity contribution in [1.29, 1.82) is 0 Å². The zero-order valence-electron chi connectivity index (χ0n) is 7.81. The molecule has 2 rings (SSSR count). The highest BCUT2D eigenvalue weighted by Crippen LogP contribution is 1.99. The predicted octanol–water partition coefficient (Wildman–Crippen LogP) is 1.96. The van der Waals surface area contributed by atoms with Crippen LogP contribution < -0.4 is 5.32 Å². The van der Waals surface area contributed by atoms with E-state index in [1.165, 1.54) is 5.56 Å². The summed E-state index contributed by atoms with van der Waals surface area (Å²) in [5.41, 5.74) is 2.35. The second kappa shape index (κ2) is 4.58. The van der Waals surface area contributed by atoms with Gasteiger partial charge in [-0.1, -0.05) is 35.5 Å². The monoisotopic (exact) mass is 188 g/mol. The van der Waals surface area contributed by atoms with Gasteiger partial charge in [-0.25, -0.2) is 0 Å². The van der Waals surface area contributed by atoms with E-state index < -0.39 is 0 Å². The van der Waals surface area contributed by atoms with Crippen LogP contribution in [0, 0.1) is 0 Å². The van der Waals surface area contributed by atoms with Gasteiger partial charge >= 0.3 is 0 Å². The minimum atomic E-state index is 0.790. The first-order chi connectivity index (χ1) is 6.95. The molecule has 3 heteroatoms. The molecular weight excluding hydrogens is 176 g/mol. The summed E-state index contributed by atoms with van der Waals surface area (Å²) < 4.78 is 4.73. The topological polar surface area (TPSA) is 38.1 Å². The van der Waals surface area contributed by atoms with Crippen LogP contribution in [0.3, 0.4) is 0 Å². The average Bonchev–Trinajstić information content (AvgIpc) is 2.72. The largest absolute Gasteiger partial charge is 0.364 e. The maximum Gasteiger partial charge on any atom is 0.128 e. The quantitative estimate of drug-likeness (QED) is 0.797. The fourth-order valence-electron chi connectivity index (χ4n) is 1.26. The first-order valence-electron chi connectivity index (χ1n) is 4.58. The molecule has 2 aromatic rings. The molecule has 1 N–H and O–H groups in total. The fraction of sp³-hybridized carbons (Fsp3) is 0.182. The summed E-state index contributed by atoms with van der Waals surface area (Å²) in [6.07, 6.45) is 3.37. The molecule has 0 spiro atoms. The second-order valence-electron chi connectivity index (χ2n) is 3.12. The van der Waals surface area contributed by atoms with Crippen molar-refractivity contribution in [3.05, 3.63) is 53.9 Å². The maximum absolute atomic E-state index is 4.73. The van der Waals surface area contributed by atoms with Crippen molar-refractivity contribution in [3.8, 4) is 0 Å². The van der Waals surface area contributed by atoms with Crippen LogP contribution in [0.1, 0.15) is 11.1 Å². The van der Waals surface area contributed by atoms with E-state index >= 15 is 0 Å². The highest BCUT2D eigenvalue weighted by Gasteiger charge is 1.94. The summed E-state index contributed by atoms with van der Waals surface area (Å²) in [6.45, 7) is 1.66. The Morgan fingerprint density at radius 1 is 1.07 bits per heavy atom. The van der Waals surface area contributed by atoms with E-state index in [0.717, 1.165) is 18.7 Å². The Morgan fingerprint density at radius 2 is 1.86 bits per heavy atom. The molecule has 1 aromatic carbocycles. The van der Waals surface area contributed by atoms with Gasteiger partial charge in [-0.15, -0.1) is 0 Å². The van der Waals surface area contributed by atoms with E-state index in [-0.39, 0.29) is 0 Å². The van der Waals surface area contributed by atoms with Gasteiger partial charge in [-0.3, -0.25) is 0 Å². The van der Waals surface area contributed by atoms with Gasteiger partial charge in [0.15, 0.2) is 0 Å². The van der Waals surface area contributed by atoms with Crippen molar-refractivity contribution in [2.45, 2.75) is 13.1 Å². The third-order valence-electron chi connectivity index (χ3n) is 1.98. The Balaban J connectivity index is 1.79. The number of hydrogen-bond donors (Lipinski definition) is 1. The first kappa shape index (κ1) is 8.97. The van der Waals surface area contributed by atoms with E-state index in [9.17, 15) is 0 Å². The molecule has 0 unspecified atom stereocenters. The van der Waals surface area contributed by atoms with Crippen LogP contribution in [0.5, 0.6) is 0 Å². The van der Waals surface area contributed by atoms with Crippen LogP contribution in [0.25, 0.3) is 0 Å². The molecule has 3 nitrogen and oxygen atoms in total. The molecule has 0 aliphatic rings. The lowest BCUT2D eigenvalue weighted by Crippen LogP contribution is -2.11. The normalized spacial score (nSPS) is 10.3. The number of benzene rings is 1. The summed E-state index contributed by atoms with van der Waals surface area (Å²) in [6, 6.07) is 10.3. The SMILES string of the molecule is c1ccc(CNCc2cnoc2)cc1. The van der Waals surface area contributed by atoms with E-state index in [1.807, 2.05) is 18.2 Å². The lowest BCUT2D eigenvalue weighted by atomic mass is 10.2. The summed E-state index contributed by atoms with van der Waals surface area (Å²) in [5, 5.41) is 6.94. The van der Waals surface area contributed by atoms with Crippen molar-refractivity contribution in [1.82, 2.24) is 10.5 Å². The molecule has 1 aromatic heterocycles. The summed E-state index contributed by atoms with van der Waals surface area (Å²) >= 11 is 0. The van der Waals surface area contributed by atoms with Gasteiger partial charge in [0, 0.05) is 18.7 Å². The lowest BCUT2D eigenvalue weighted by molar-refractivity contribution is 0.418. The molecule has 72 valence electrons. The van der Waals surface area contributed by atoms with Crippen LogP contribution in [0.2, 0.25) is 0 Å². The molecule has 0 radical (unpaired) electrons. The van der Waals surface area contributed by atoms with E-state index in [2.05, 4.69) is 22.6 Å². The van der Waals surface area contributed by atoms with Crippen LogP contribution in [0.15, 0.2) is 47.3 Å².